The van der Waals surface area contributed by atoms with E-state index in [4.69, 9.17) is 4.98 Å². The van der Waals surface area contributed by atoms with Crippen LogP contribution in [0.25, 0.3) is 11.1 Å². The highest BCUT2D eigenvalue weighted by Crippen LogP contribution is 2.24. The summed E-state index contributed by atoms with van der Waals surface area (Å²) in [5.74, 6) is -0.0701. The number of carbonyl (C=O) groups is 2. The molecule has 0 fully saturated rings. The van der Waals surface area contributed by atoms with Crippen molar-refractivity contribution in [2.45, 2.75) is 51.0 Å². The molecule has 1 aliphatic heterocycles. The van der Waals surface area contributed by atoms with Crippen LogP contribution >= 0.6 is 0 Å². The van der Waals surface area contributed by atoms with E-state index in [1.54, 1.807) is 0 Å². The maximum Gasteiger partial charge on any atom is 0.305 e. The molecule has 0 radical (unpaired) electrons. The smallest absolute Gasteiger partial charge is 0.305 e. The van der Waals surface area contributed by atoms with Crippen LogP contribution < -0.4 is 10.6 Å². The number of rotatable bonds is 10. The van der Waals surface area contributed by atoms with Crippen molar-refractivity contribution in [2.75, 3.05) is 11.9 Å². The molecule has 176 valence electrons. The minimum absolute atomic E-state index is 0.126. The number of benzene rings is 2. The zero-order chi connectivity index (χ0) is 23.8. The molecule has 1 aromatic heterocycles. The van der Waals surface area contributed by atoms with Gasteiger partial charge in [0.05, 0.1) is 12.5 Å². The molecule has 1 unspecified atom stereocenters. The fourth-order valence-corrected chi connectivity index (χ4v) is 4.33. The van der Waals surface area contributed by atoms with E-state index in [1.165, 1.54) is 5.56 Å². The largest absolute Gasteiger partial charge is 0.481 e. The molecule has 0 saturated carbocycles. The van der Waals surface area contributed by atoms with Gasteiger partial charge >= 0.3 is 5.97 Å². The molecule has 6 nitrogen and oxygen atoms in total. The van der Waals surface area contributed by atoms with Gasteiger partial charge in [-0.1, -0.05) is 60.7 Å². The average Bonchev–Trinajstić information content (AvgIpc) is 2.86. The molecule has 2 aromatic carbocycles. The number of hydrogen-bond donors (Lipinski definition) is 3. The van der Waals surface area contributed by atoms with Gasteiger partial charge in [-0.2, -0.15) is 0 Å². The molecular weight excluding hydrogens is 426 g/mol. The minimum Gasteiger partial charge on any atom is -0.481 e. The van der Waals surface area contributed by atoms with Crippen molar-refractivity contribution in [3.8, 4) is 11.1 Å². The van der Waals surface area contributed by atoms with Crippen LogP contribution in [0.4, 0.5) is 5.82 Å². The molecule has 1 aliphatic rings. The monoisotopic (exact) mass is 457 g/mol. The van der Waals surface area contributed by atoms with E-state index in [1.807, 2.05) is 54.6 Å². The lowest BCUT2D eigenvalue weighted by Gasteiger charge is -2.18. The molecule has 34 heavy (non-hydrogen) atoms. The Morgan fingerprint density at radius 3 is 2.50 bits per heavy atom. The average molecular weight is 458 g/mol. The SMILES string of the molecule is O=C(O)CC(NC(=O)CCCCc1ccc2c(n1)NCCC2)c1ccc(-c2ccccc2)cc1. The summed E-state index contributed by atoms with van der Waals surface area (Å²) in [6.45, 7) is 0.968. The van der Waals surface area contributed by atoms with E-state index in [-0.39, 0.29) is 12.3 Å². The summed E-state index contributed by atoms with van der Waals surface area (Å²) in [5.41, 5.74) is 5.25. The number of carbonyl (C=O) groups excluding carboxylic acids is 1. The van der Waals surface area contributed by atoms with Gasteiger partial charge in [0.2, 0.25) is 5.91 Å². The molecule has 1 atom stereocenters. The standard InChI is InChI=1S/C28H31N3O3/c32-26(11-5-4-10-24-17-16-23-9-6-18-29-28(23)30-24)31-25(19-27(33)34)22-14-12-21(13-15-22)20-7-2-1-3-8-20/h1-3,7-8,12-17,25H,4-6,9-11,18-19H2,(H,29,30)(H,31,32)(H,33,34). The summed E-state index contributed by atoms with van der Waals surface area (Å²) in [7, 11) is 0. The minimum atomic E-state index is -0.940. The Balaban J connectivity index is 1.29. The first-order valence-electron chi connectivity index (χ1n) is 12.0. The topological polar surface area (TPSA) is 91.3 Å². The molecule has 0 saturated heterocycles. The van der Waals surface area contributed by atoms with Gasteiger partial charge in [-0.05, 0) is 60.4 Å². The molecule has 1 amide bonds. The molecule has 0 aliphatic carbocycles. The van der Waals surface area contributed by atoms with Crippen molar-refractivity contribution in [2.24, 2.45) is 0 Å². The van der Waals surface area contributed by atoms with Crippen LogP contribution in [0, 0.1) is 0 Å². The van der Waals surface area contributed by atoms with Crippen molar-refractivity contribution < 1.29 is 14.7 Å². The zero-order valence-electron chi connectivity index (χ0n) is 19.3. The molecule has 3 aromatic rings. The predicted molar refractivity (Wildman–Crippen MR) is 134 cm³/mol. The first-order chi connectivity index (χ1) is 16.6. The second-order valence-corrected chi connectivity index (χ2v) is 8.75. The fraction of sp³-hybridized carbons (Fsp3) is 0.321. The maximum absolute atomic E-state index is 12.6. The third-order valence-corrected chi connectivity index (χ3v) is 6.17. The number of nitrogens with zero attached hydrogens (tertiary/aromatic N) is 1. The highest BCUT2D eigenvalue weighted by molar-refractivity contribution is 5.78. The Morgan fingerprint density at radius 2 is 1.74 bits per heavy atom. The highest BCUT2D eigenvalue weighted by Gasteiger charge is 2.18. The first-order valence-corrected chi connectivity index (χ1v) is 12.0. The number of aliphatic carboxylic acids is 1. The van der Waals surface area contributed by atoms with Crippen molar-refractivity contribution in [1.29, 1.82) is 0 Å². The number of carboxylic acids is 1. The lowest BCUT2D eigenvalue weighted by molar-refractivity contribution is -0.137. The Kier molecular flexibility index (Phi) is 7.91. The number of hydrogen-bond acceptors (Lipinski definition) is 4. The molecule has 2 heterocycles. The molecule has 4 rings (SSSR count). The van der Waals surface area contributed by atoms with Gasteiger partial charge in [0.1, 0.15) is 5.82 Å². The van der Waals surface area contributed by atoms with Gasteiger partial charge in [-0.15, -0.1) is 0 Å². The van der Waals surface area contributed by atoms with E-state index in [0.29, 0.717) is 6.42 Å². The number of nitrogens with one attached hydrogen (secondary N) is 2. The van der Waals surface area contributed by atoms with Gasteiger partial charge < -0.3 is 15.7 Å². The number of fused-ring (bicyclic) bond motifs is 1. The van der Waals surface area contributed by atoms with Gasteiger partial charge in [0.25, 0.3) is 0 Å². The van der Waals surface area contributed by atoms with Gasteiger partial charge in [-0.3, -0.25) is 9.59 Å². The van der Waals surface area contributed by atoms with Crippen LogP contribution in [0.1, 0.15) is 55.0 Å². The quantitative estimate of drug-likeness (QED) is 0.366. The number of unbranched alkanes of at least 4 members (excludes halogenated alkanes) is 1. The Hall–Kier alpha value is -3.67. The molecule has 0 bridgehead atoms. The highest BCUT2D eigenvalue weighted by atomic mass is 16.4. The van der Waals surface area contributed by atoms with E-state index in [2.05, 4.69) is 22.8 Å². The number of pyridine rings is 1. The summed E-state index contributed by atoms with van der Waals surface area (Å²) in [6, 6.07) is 21.4. The molecule has 6 heteroatoms. The van der Waals surface area contributed by atoms with Crippen LogP contribution in [0.5, 0.6) is 0 Å². The van der Waals surface area contributed by atoms with Gasteiger partial charge in [0.15, 0.2) is 0 Å². The second kappa shape index (κ2) is 11.5. The number of carboxylic acid groups (broad SMARTS) is 1. The lowest BCUT2D eigenvalue weighted by atomic mass is 9.99. The molecule has 3 N–H and O–H groups in total. The first kappa shape index (κ1) is 23.5. The summed E-state index contributed by atoms with van der Waals surface area (Å²) in [5, 5.41) is 15.6. The van der Waals surface area contributed by atoms with Crippen LogP contribution in [0.2, 0.25) is 0 Å². The van der Waals surface area contributed by atoms with Crippen LogP contribution in [0.3, 0.4) is 0 Å². The normalized spacial score (nSPS) is 13.4. The number of aromatic nitrogens is 1. The summed E-state index contributed by atoms with van der Waals surface area (Å²) in [4.78, 5) is 28.7. The van der Waals surface area contributed by atoms with Gasteiger partial charge in [-0.25, -0.2) is 4.98 Å². The van der Waals surface area contributed by atoms with Crippen molar-refractivity contribution in [1.82, 2.24) is 10.3 Å². The third kappa shape index (κ3) is 6.44. The van der Waals surface area contributed by atoms with E-state index in [9.17, 15) is 14.7 Å². The number of amides is 1. The third-order valence-electron chi connectivity index (χ3n) is 6.17. The summed E-state index contributed by atoms with van der Waals surface area (Å²) < 4.78 is 0. The van der Waals surface area contributed by atoms with E-state index < -0.39 is 12.0 Å². The van der Waals surface area contributed by atoms with Gasteiger partial charge in [0, 0.05) is 18.7 Å². The number of aryl methyl sites for hydroxylation is 2. The van der Waals surface area contributed by atoms with Crippen molar-refractivity contribution >= 4 is 17.7 Å². The summed E-state index contributed by atoms with van der Waals surface area (Å²) >= 11 is 0. The number of anilines is 1. The Morgan fingerprint density at radius 1 is 0.971 bits per heavy atom. The predicted octanol–water partition coefficient (Wildman–Crippen LogP) is 5.15. The van der Waals surface area contributed by atoms with E-state index in [0.717, 1.165) is 66.9 Å². The Labute approximate surface area is 200 Å². The van der Waals surface area contributed by atoms with Crippen molar-refractivity contribution in [3.63, 3.8) is 0 Å². The van der Waals surface area contributed by atoms with Crippen LogP contribution in [-0.4, -0.2) is 28.5 Å². The summed E-state index contributed by atoms with van der Waals surface area (Å²) in [6.07, 6.45) is 4.83. The van der Waals surface area contributed by atoms with E-state index >= 15 is 0 Å². The second-order valence-electron chi connectivity index (χ2n) is 8.75. The van der Waals surface area contributed by atoms with Crippen molar-refractivity contribution in [3.05, 3.63) is 83.6 Å². The Bertz CT molecular complexity index is 1110. The maximum atomic E-state index is 12.6. The fourth-order valence-electron chi connectivity index (χ4n) is 4.33. The lowest BCUT2D eigenvalue weighted by Crippen LogP contribution is -2.30. The molecule has 0 spiro atoms. The zero-order valence-corrected chi connectivity index (χ0v) is 19.3. The van der Waals surface area contributed by atoms with Crippen LogP contribution in [0.15, 0.2) is 66.7 Å². The molecular formula is C28H31N3O3. The van der Waals surface area contributed by atoms with Crippen LogP contribution in [-0.2, 0) is 22.4 Å².